The van der Waals surface area contributed by atoms with E-state index in [1.165, 1.54) is 199 Å². The van der Waals surface area contributed by atoms with Crippen molar-refractivity contribution in [2.45, 2.75) is 354 Å². The Morgan fingerprint density at radius 3 is 1.13 bits per heavy atom. The first kappa shape index (κ1) is 82.5. The van der Waals surface area contributed by atoms with E-state index < -0.39 is 20.0 Å². The fourth-order valence-corrected chi connectivity index (χ4v) is 11.4. The van der Waals surface area contributed by atoms with E-state index in [1.54, 1.807) is 0 Å². The third-order valence-electron chi connectivity index (χ3n) is 16.2. The number of hydrogen-bond donors (Lipinski definition) is 2. The minimum absolute atomic E-state index is 0.0361. The van der Waals surface area contributed by atoms with Crippen LogP contribution in [0.1, 0.15) is 342 Å². The zero-order valence-electron chi connectivity index (χ0n) is 56.9. The van der Waals surface area contributed by atoms with Gasteiger partial charge in [0, 0.05) is 12.8 Å². The number of nitrogens with zero attached hydrogens (tertiary/aromatic N) is 1. The van der Waals surface area contributed by atoms with Crippen LogP contribution in [0.15, 0.2) is 72.9 Å². The number of rotatable bonds is 66. The molecule has 9 nitrogen and oxygen atoms in total. The number of nitrogens with one attached hydrogen (secondary N) is 1. The lowest BCUT2D eigenvalue weighted by Crippen LogP contribution is -2.47. The molecule has 0 radical (unpaired) electrons. The van der Waals surface area contributed by atoms with Crippen molar-refractivity contribution in [3.05, 3.63) is 72.9 Å². The Hall–Kier alpha value is -2.55. The van der Waals surface area contributed by atoms with Gasteiger partial charge in [-0.15, -0.1) is 0 Å². The van der Waals surface area contributed by atoms with Crippen LogP contribution >= 0.6 is 7.82 Å². The summed E-state index contributed by atoms with van der Waals surface area (Å²) in [5, 5.41) is 3.07. The summed E-state index contributed by atoms with van der Waals surface area (Å²) < 4.78 is 30.8. The maximum Gasteiger partial charge on any atom is 0.472 e. The molecule has 0 saturated carbocycles. The summed E-state index contributed by atoms with van der Waals surface area (Å²) >= 11 is 0. The minimum atomic E-state index is -4.46. The number of carbonyl (C=O) groups is 2. The highest BCUT2D eigenvalue weighted by atomic mass is 31.2. The Bertz CT molecular complexity index is 1680. The molecule has 0 fully saturated rings. The zero-order valence-corrected chi connectivity index (χ0v) is 57.7. The quantitative estimate of drug-likeness (QED) is 0.0205. The van der Waals surface area contributed by atoms with E-state index in [4.69, 9.17) is 13.8 Å². The summed E-state index contributed by atoms with van der Waals surface area (Å²) in [7, 11) is 1.49. The highest BCUT2D eigenvalue weighted by molar-refractivity contribution is 7.47. The summed E-state index contributed by atoms with van der Waals surface area (Å²) in [6.45, 7) is 6.92. The Balaban J connectivity index is 4.98. The number of esters is 1. The Morgan fingerprint density at radius 2 is 0.753 bits per heavy atom. The van der Waals surface area contributed by atoms with Crippen LogP contribution in [0.25, 0.3) is 0 Å². The number of unbranched alkanes of at least 4 members (excludes halogenated alkanes) is 40. The molecule has 0 aliphatic rings. The largest absolute Gasteiger partial charge is 0.472 e. The standard InChI is InChI=1S/C75H139N2O7P/c1-7-10-13-16-19-22-25-27-29-31-33-35-36-37-38-39-40-42-43-45-47-49-52-55-58-61-64-67-74(78)76-72(71-83-85(80,81)82-70-69-77(4,5)6)73(66-63-60-57-54-51-24-21-18-15-12-9-3)84-75(79)68-65-62-59-56-53-50-48-46-44-41-34-32-30-28-26-23-20-17-14-11-8-2/h11,14,20,23,28,30,34,41,46,48,63,66,72-73H,7-10,12-13,15-19,21-22,24-27,29,31-33,35-40,42-45,47,49-62,64-65,67-71H2,1-6H3,(H-,76,78,80,81)/p+1/b14-11-,23-20-,30-28-,41-34-,48-46-,66-63+. The van der Waals surface area contributed by atoms with E-state index >= 15 is 0 Å². The van der Waals surface area contributed by atoms with E-state index in [-0.39, 0.29) is 31.5 Å². The monoisotopic (exact) mass is 1210 g/mol. The van der Waals surface area contributed by atoms with Crippen molar-refractivity contribution in [2.75, 3.05) is 40.9 Å². The van der Waals surface area contributed by atoms with Crippen molar-refractivity contribution in [2.24, 2.45) is 0 Å². The number of phosphoric ester groups is 1. The van der Waals surface area contributed by atoms with Gasteiger partial charge in [0.15, 0.2) is 0 Å². The SMILES string of the molecule is CC/C=C\C/C=C\C/C=C\C/C=C\C/C=C\CCCCCCCC(=O)OC(/C=C/CCCCCCCCCCC)C(COP(=O)(O)OCC[N+](C)(C)C)NC(=O)CCCCCCCCCCCCCCCCCCCCCCCCCCCCC. The summed E-state index contributed by atoms with van der Waals surface area (Å²) in [5.74, 6) is -0.516. The summed E-state index contributed by atoms with van der Waals surface area (Å²) in [4.78, 5) is 37.9. The lowest BCUT2D eigenvalue weighted by atomic mass is 10.0. The summed E-state index contributed by atoms with van der Waals surface area (Å²) in [6, 6.07) is -0.858. The third-order valence-corrected chi connectivity index (χ3v) is 17.1. The molecule has 0 aromatic rings. The van der Waals surface area contributed by atoms with Crippen LogP contribution in [-0.4, -0.2) is 74.3 Å². The van der Waals surface area contributed by atoms with Crippen LogP contribution < -0.4 is 5.32 Å². The molecular weight excluding hydrogens is 1070 g/mol. The van der Waals surface area contributed by atoms with Gasteiger partial charge in [0.1, 0.15) is 19.3 Å². The topological polar surface area (TPSA) is 111 Å². The van der Waals surface area contributed by atoms with Crippen LogP contribution in [0.5, 0.6) is 0 Å². The molecule has 0 aromatic carbocycles. The molecule has 0 heterocycles. The number of hydrogen-bond acceptors (Lipinski definition) is 6. The molecule has 1 amide bonds. The van der Waals surface area contributed by atoms with Gasteiger partial charge in [0.2, 0.25) is 5.91 Å². The van der Waals surface area contributed by atoms with Crippen LogP contribution in [0.4, 0.5) is 0 Å². The summed E-state index contributed by atoms with van der Waals surface area (Å²) in [5.41, 5.74) is 0. The first-order chi connectivity index (χ1) is 41.4. The van der Waals surface area contributed by atoms with Gasteiger partial charge in [-0.3, -0.25) is 18.6 Å². The second-order valence-electron chi connectivity index (χ2n) is 25.7. The van der Waals surface area contributed by atoms with Crippen LogP contribution in [0, 0.1) is 0 Å². The number of ether oxygens (including phenoxy) is 1. The molecule has 496 valence electrons. The van der Waals surface area contributed by atoms with Gasteiger partial charge in [0.25, 0.3) is 0 Å². The first-order valence-corrected chi connectivity index (χ1v) is 37.8. The van der Waals surface area contributed by atoms with Crippen LogP contribution in [0.2, 0.25) is 0 Å². The fraction of sp³-hybridized carbons (Fsp3) is 0.813. The second kappa shape index (κ2) is 64.4. The Labute approximate surface area is 527 Å². The molecule has 0 spiro atoms. The molecule has 3 atom stereocenters. The van der Waals surface area contributed by atoms with Crippen molar-refractivity contribution in [3.63, 3.8) is 0 Å². The molecule has 0 bridgehead atoms. The summed E-state index contributed by atoms with van der Waals surface area (Å²) in [6.07, 6.45) is 85.0. The fourth-order valence-electron chi connectivity index (χ4n) is 10.6. The van der Waals surface area contributed by atoms with Gasteiger partial charge >= 0.3 is 13.8 Å². The molecular formula is C75H140N2O7P+. The number of likely N-dealkylation sites (N-methyl/N-ethyl adjacent to an activating group) is 1. The normalized spacial score (nSPS) is 13.9. The molecule has 10 heteroatoms. The highest BCUT2D eigenvalue weighted by Crippen LogP contribution is 2.43. The zero-order chi connectivity index (χ0) is 62.1. The lowest BCUT2D eigenvalue weighted by molar-refractivity contribution is -0.870. The van der Waals surface area contributed by atoms with Gasteiger partial charge < -0.3 is 19.4 Å². The van der Waals surface area contributed by atoms with E-state index in [0.29, 0.717) is 23.9 Å². The van der Waals surface area contributed by atoms with Crippen LogP contribution in [-0.2, 0) is 27.9 Å². The third kappa shape index (κ3) is 65.7. The molecule has 0 aliphatic heterocycles. The number of carbonyl (C=O) groups excluding carboxylic acids is 2. The molecule has 0 saturated heterocycles. The van der Waals surface area contributed by atoms with E-state index in [1.807, 2.05) is 33.3 Å². The lowest BCUT2D eigenvalue weighted by Gasteiger charge is -2.27. The second-order valence-corrected chi connectivity index (χ2v) is 27.2. The first-order valence-electron chi connectivity index (χ1n) is 36.3. The molecule has 2 N–H and O–H groups in total. The predicted octanol–water partition coefficient (Wildman–Crippen LogP) is 23.1. The maximum atomic E-state index is 13.6. The van der Waals surface area contributed by atoms with Crippen molar-refractivity contribution in [1.82, 2.24) is 5.32 Å². The van der Waals surface area contributed by atoms with E-state index in [9.17, 15) is 19.0 Å². The van der Waals surface area contributed by atoms with Gasteiger partial charge in [-0.1, -0.05) is 325 Å². The number of allylic oxidation sites excluding steroid dienone is 11. The number of amides is 1. The Morgan fingerprint density at radius 1 is 0.424 bits per heavy atom. The van der Waals surface area contributed by atoms with Gasteiger partial charge in [-0.05, 0) is 76.7 Å². The van der Waals surface area contributed by atoms with E-state index in [2.05, 4.69) is 86.8 Å². The predicted molar refractivity (Wildman–Crippen MR) is 369 cm³/mol. The molecule has 3 unspecified atom stereocenters. The average Bonchev–Trinajstić information content (AvgIpc) is 3.63. The van der Waals surface area contributed by atoms with E-state index in [0.717, 1.165) is 103 Å². The minimum Gasteiger partial charge on any atom is -0.456 e. The molecule has 0 aromatic heterocycles. The number of quaternary nitrogens is 1. The van der Waals surface area contributed by atoms with Gasteiger partial charge in [-0.25, -0.2) is 4.57 Å². The van der Waals surface area contributed by atoms with Crippen molar-refractivity contribution < 1.29 is 37.3 Å². The number of phosphoric acid groups is 1. The Kier molecular flexibility index (Phi) is 62.5. The molecule has 0 rings (SSSR count). The van der Waals surface area contributed by atoms with Crippen molar-refractivity contribution >= 4 is 19.7 Å². The smallest absolute Gasteiger partial charge is 0.456 e. The molecule has 85 heavy (non-hydrogen) atoms. The van der Waals surface area contributed by atoms with Crippen LogP contribution in [0.3, 0.4) is 0 Å². The van der Waals surface area contributed by atoms with Crippen molar-refractivity contribution in [3.8, 4) is 0 Å². The maximum absolute atomic E-state index is 13.6. The van der Waals surface area contributed by atoms with Crippen molar-refractivity contribution in [1.29, 1.82) is 0 Å². The molecule has 0 aliphatic carbocycles. The van der Waals surface area contributed by atoms with Gasteiger partial charge in [-0.2, -0.15) is 0 Å². The highest BCUT2D eigenvalue weighted by Gasteiger charge is 2.30. The average molecular weight is 1210 g/mol. The van der Waals surface area contributed by atoms with Gasteiger partial charge in [0.05, 0.1) is 33.8 Å².